The Morgan fingerprint density at radius 3 is 2.39 bits per heavy atom. The van der Waals surface area contributed by atoms with Gasteiger partial charge in [0.1, 0.15) is 5.75 Å². The van der Waals surface area contributed by atoms with E-state index in [2.05, 4.69) is 32.7 Å². The average Bonchev–Trinajstić information content (AvgIpc) is 3.62. The summed E-state index contributed by atoms with van der Waals surface area (Å²) in [6, 6.07) is 20.0. The first kappa shape index (κ1) is 24.5. The Bertz CT molecular complexity index is 1280. The van der Waals surface area contributed by atoms with E-state index in [-0.39, 0.29) is 5.91 Å². The van der Waals surface area contributed by atoms with Crippen molar-refractivity contribution in [2.24, 2.45) is 0 Å². The molecule has 36 heavy (non-hydrogen) atoms. The lowest BCUT2D eigenvalue weighted by atomic mass is 10.1. The molecule has 7 nitrogen and oxygen atoms in total. The summed E-state index contributed by atoms with van der Waals surface area (Å²) in [4.78, 5) is 18.3. The second-order valence-electron chi connectivity index (χ2n) is 8.53. The number of amides is 1. The molecule has 2 aromatic heterocycles. The van der Waals surface area contributed by atoms with Crippen molar-refractivity contribution in [1.29, 1.82) is 0 Å². The first-order valence-corrected chi connectivity index (χ1v) is 13.9. The van der Waals surface area contributed by atoms with E-state index in [9.17, 15) is 4.79 Å². The van der Waals surface area contributed by atoms with E-state index in [0.29, 0.717) is 0 Å². The predicted molar refractivity (Wildman–Crippen MR) is 145 cm³/mol. The molecule has 5 rings (SSSR count). The van der Waals surface area contributed by atoms with Crippen molar-refractivity contribution in [3.05, 3.63) is 77.2 Å². The van der Waals surface area contributed by atoms with E-state index in [1.54, 1.807) is 30.2 Å². The maximum Gasteiger partial charge on any atom is 0.253 e. The molecule has 0 aliphatic carbocycles. The third-order valence-corrected chi connectivity index (χ3v) is 8.25. The molecule has 9 heteroatoms. The van der Waals surface area contributed by atoms with Gasteiger partial charge in [-0.1, -0.05) is 36.9 Å². The lowest BCUT2D eigenvalue weighted by Gasteiger charge is -2.34. The van der Waals surface area contributed by atoms with Gasteiger partial charge in [-0.2, -0.15) is 0 Å². The quantitative estimate of drug-likeness (QED) is 0.303. The number of thiophene rings is 1. The van der Waals surface area contributed by atoms with Crippen molar-refractivity contribution in [1.82, 2.24) is 24.6 Å². The fraction of sp³-hybridized carbons (Fsp3) is 0.296. The third-order valence-electron chi connectivity index (χ3n) is 6.38. The zero-order chi connectivity index (χ0) is 24.9. The van der Waals surface area contributed by atoms with Crippen molar-refractivity contribution >= 4 is 29.0 Å². The molecule has 0 N–H and O–H groups in total. The van der Waals surface area contributed by atoms with Crippen LogP contribution in [0.1, 0.15) is 22.8 Å². The number of carbonyl (C=O) groups excluding carboxylic acids is 1. The molecule has 1 aliphatic heterocycles. The molecule has 0 spiro atoms. The summed E-state index contributed by atoms with van der Waals surface area (Å²) in [6.45, 7) is 6.67. The van der Waals surface area contributed by atoms with E-state index >= 15 is 0 Å². The number of thioether (sulfide) groups is 1. The fourth-order valence-corrected chi connectivity index (χ4v) is 5.84. The molecular weight excluding hydrogens is 490 g/mol. The first-order valence-electron chi connectivity index (χ1n) is 12.0. The van der Waals surface area contributed by atoms with Gasteiger partial charge in [-0.15, -0.1) is 21.5 Å². The second kappa shape index (κ2) is 11.3. The van der Waals surface area contributed by atoms with E-state index in [0.717, 1.165) is 76.9 Å². The van der Waals surface area contributed by atoms with Crippen LogP contribution in [0, 0.1) is 0 Å². The minimum atomic E-state index is 0.116. The van der Waals surface area contributed by atoms with Gasteiger partial charge in [0, 0.05) is 37.5 Å². The van der Waals surface area contributed by atoms with Gasteiger partial charge in [-0.05, 0) is 60.0 Å². The van der Waals surface area contributed by atoms with Gasteiger partial charge in [0.05, 0.1) is 17.7 Å². The predicted octanol–water partition coefficient (Wildman–Crippen LogP) is 5.07. The van der Waals surface area contributed by atoms with Crippen molar-refractivity contribution in [3.63, 3.8) is 0 Å². The van der Waals surface area contributed by atoms with Gasteiger partial charge < -0.3 is 14.5 Å². The van der Waals surface area contributed by atoms with Gasteiger partial charge in [0.15, 0.2) is 11.0 Å². The molecule has 186 valence electrons. The van der Waals surface area contributed by atoms with Crippen LogP contribution in [0.5, 0.6) is 5.75 Å². The molecule has 0 saturated carbocycles. The van der Waals surface area contributed by atoms with Gasteiger partial charge in [-0.3, -0.25) is 9.36 Å². The van der Waals surface area contributed by atoms with Gasteiger partial charge >= 0.3 is 0 Å². The molecular formula is C27H29N5O2S2. The summed E-state index contributed by atoms with van der Waals surface area (Å²) in [5.74, 6) is 2.47. The number of aromatic nitrogens is 3. The standard InChI is InChI=1S/C27H29N5O2S2/c1-3-30-14-16-31(17-15-30)26(33)21-8-6-20(7-9-21)19-36-27-29-28-25(24-5-4-18-35-24)32(27)22-10-12-23(34-2)13-11-22/h4-13,18H,3,14-17,19H2,1-2H3. The molecule has 2 aromatic carbocycles. The smallest absolute Gasteiger partial charge is 0.253 e. The van der Waals surface area contributed by atoms with E-state index in [4.69, 9.17) is 4.74 Å². The van der Waals surface area contributed by atoms with Crippen LogP contribution < -0.4 is 4.74 Å². The monoisotopic (exact) mass is 519 g/mol. The molecule has 0 bridgehead atoms. The Morgan fingerprint density at radius 1 is 1.00 bits per heavy atom. The molecule has 1 aliphatic rings. The second-order valence-corrected chi connectivity index (χ2v) is 10.4. The number of ether oxygens (including phenoxy) is 1. The first-order chi connectivity index (χ1) is 17.7. The summed E-state index contributed by atoms with van der Waals surface area (Å²) in [5, 5.41) is 11.9. The van der Waals surface area contributed by atoms with Crippen molar-refractivity contribution in [2.45, 2.75) is 17.8 Å². The van der Waals surface area contributed by atoms with Crippen LogP contribution in [-0.2, 0) is 5.75 Å². The van der Waals surface area contributed by atoms with Gasteiger partial charge in [0.2, 0.25) is 0 Å². The number of carbonyl (C=O) groups is 1. The lowest BCUT2D eigenvalue weighted by Crippen LogP contribution is -2.48. The Hall–Kier alpha value is -3.14. The largest absolute Gasteiger partial charge is 0.497 e. The topological polar surface area (TPSA) is 63.5 Å². The van der Waals surface area contributed by atoms with Crippen LogP contribution >= 0.6 is 23.1 Å². The van der Waals surface area contributed by atoms with E-state index in [1.807, 2.05) is 64.9 Å². The normalized spacial score (nSPS) is 14.2. The maximum absolute atomic E-state index is 12.9. The van der Waals surface area contributed by atoms with Crippen LogP contribution in [0.15, 0.2) is 71.2 Å². The highest BCUT2D eigenvalue weighted by atomic mass is 32.2. The average molecular weight is 520 g/mol. The van der Waals surface area contributed by atoms with Crippen LogP contribution in [-0.4, -0.2) is 70.3 Å². The number of methoxy groups -OCH3 is 1. The highest BCUT2D eigenvalue weighted by Crippen LogP contribution is 2.32. The molecule has 0 radical (unpaired) electrons. The van der Waals surface area contributed by atoms with E-state index < -0.39 is 0 Å². The van der Waals surface area contributed by atoms with Crippen molar-refractivity contribution < 1.29 is 9.53 Å². The summed E-state index contributed by atoms with van der Waals surface area (Å²) in [5.41, 5.74) is 2.86. The highest BCUT2D eigenvalue weighted by Gasteiger charge is 2.21. The summed E-state index contributed by atoms with van der Waals surface area (Å²) >= 11 is 3.27. The Balaban J connectivity index is 1.30. The van der Waals surface area contributed by atoms with Crippen LogP contribution in [0.3, 0.4) is 0 Å². The Morgan fingerprint density at radius 2 is 1.75 bits per heavy atom. The van der Waals surface area contributed by atoms with Gasteiger partial charge in [-0.25, -0.2) is 0 Å². The summed E-state index contributed by atoms with van der Waals surface area (Å²) < 4.78 is 7.41. The number of hydrogen-bond acceptors (Lipinski definition) is 7. The molecule has 1 amide bonds. The van der Waals surface area contributed by atoms with Crippen LogP contribution in [0.4, 0.5) is 0 Å². The molecule has 1 saturated heterocycles. The zero-order valence-corrected chi connectivity index (χ0v) is 22.1. The van der Waals surface area contributed by atoms with Crippen LogP contribution in [0.2, 0.25) is 0 Å². The fourth-order valence-electron chi connectivity index (χ4n) is 4.23. The number of nitrogens with zero attached hydrogens (tertiary/aromatic N) is 5. The number of rotatable bonds is 8. The minimum Gasteiger partial charge on any atom is -0.497 e. The molecule has 1 fully saturated rings. The summed E-state index contributed by atoms with van der Waals surface area (Å²) in [7, 11) is 1.66. The third kappa shape index (κ3) is 5.33. The number of likely N-dealkylation sites (N-methyl/N-ethyl adjacent to an activating group) is 1. The molecule has 3 heterocycles. The minimum absolute atomic E-state index is 0.116. The number of piperazine rings is 1. The zero-order valence-electron chi connectivity index (χ0n) is 20.5. The van der Waals surface area contributed by atoms with Crippen molar-refractivity contribution in [3.8, 4) is 22.1 Å². The van der Waals surface area contributed by atoms with Crippen molar-refractivity contribution in [2.75, 3.05) is 39.8 Å². The lowest BCUT2D eigenvalue weighted by molar-refractivity contribution is 0.0643. The Labute approximate surface area is 219 Å². The van der Waals surface area contributed by atoms with Crippen LogP contribution in [0.25, 0.3) is 16.4 Å². The number of benzene rings is 2. The molecule has 4 aromatic rings. The SMILES string of the molecule is CCN1CCN(C(=O)c2ccc(CSc3nnc(-c4cccs4)n3-c3ccc(OC)cc3)cc2)CC1. The molecule has 0 unspecified atom stereocenters. The van der Waals surface area contributed by atoms with Gasteiger partial charge in [0.25, 0.3) is 5.91 Å². The maximum atomic E-state index is 12.9. The Kier molecular flexibility index (Phi) is 7.69. The molecule has 0 atom stereocenters. The summed E-state index contributed by atoms with van der Waals surface area (Å²) in [6.07, 6.45) is 0. The van der Waals surface area contributed by atoms with E-state index in [1.165, 1.54) is 0 Å². The highest BCUT2D eigenvalue weighted by molar-refractivity contribution is 7.98. The number of hydrogen-bond donors (Lipinski definition) is 0.